The van der Waals surface area contributed by atoms with Gasteiger partial charge < -0.3 is 14.4 Å². The molecule has 0 spiro atoms. The Hall–Kier alpha value is -1.36. The summed E-state index contributed by atoms with van der Waals surface area (Å²) >= 11 is 0. The summed E-state index contributed by atoms with van der Waals surface area (Å²) in [5, 5.41) is 9.10. The zero-order valence-electron chi connectivity index (χ0n) is 9.35. The van der Waals surface area contributed by atoms with E-state index in [9.17, 15) is 4.79 Å². The van der Waals surface area contributed by atoms with E-state index in [0.717, 1.165) is 19.4 Å². The lowest BCUT2D eigenvalue weighted by Crippen LogP contribution is -2.41. The fourth-order valence-electron chi connectivity index (χ4n) is 2.05. The van der Waals surface area contributed by atoms with Crippen LogP contribution in [0, 0.1) is 12.8 Å². The number of carbonyl (C=O) groups is 1. The lowest BCUT2D eigenvalue weighted by atomic mass is 9.99. The van der Waals surface area contributed by atoms with Crippen molar-refractivity contribution in [3.63, 3.8) is 0 Å². The van der Waals surface area contributed by atoms with Crippen molar-refractivity contribution in [3.8, 4) is 0 Å². The zero-order valence-corrected chi connectivity index (χ0v) is 9.35. The second-order valence-corrected chi connectivity index (χ2v) is 4.21. The van der Waals surface area contributed by atoms with E-state index in [0.29, 0.717) is 18.0 Å². The number of aromatic nitrogens is 1. The number of amides is 1. The predicted octanol–water partition coefficient (Wildman–Crippen LogP) is 0.828. The second-order valence-electron chi connectivity index (χ2n) is 4.21. The summed E-state index contributed by atoms with van der Waals surface area (Å²) in [6.45, 7) is 3.23. The number of nitrogens with zero attached hydrogens (tertiary/aromatic N) is 2. The Balaban J connectivity index is 2.07. The van der Waals surface area contributed by atoms with E-state index in [1.807, 2.05) is 0 Å². The first kappa shape index (κ1) is 11.1. The van der Waals surface area contributed by atoms with E-state index in [-0.39, 0.29) is 18.4 Å². The van der Waals surface area contributed by atoms with Crippen LogP contribution in [0.4, 0.5) is 0 Å². The van der Waals surface area contributed by atoms with Crippen LogP contribution in [0.3, 0.4) is 0 Å². The van der Waals surface area contributed by atoms with Gasteiger partial charge in [0.2, 0.25) is 5.76 Å². The van der Waals surface area contributed by atoms with Crippen molar-refractivity contribution in [1.82, 2.24) is 9.88 Å². The van der Waals surface area contributed by atoms with Crippen LogP contribution >= 0.6 is 0 Å². The second kappa shape index (κ2) is 4.65. The first-order chi connectivity index (χ1) is 7.72. The Bertz CT molecular complexity index is 375. The molecule has 2 rings (SSSR count). The highest BCUT2D eigenvalue weighted by atomic mass is 16.3. The van der Waals surface area contributed by atoms with Crippen LogP contribution < -0.4 is 0 Å². The summed E-state index contributed by atoms with van der Waals surface area (Å²) < 4.78 is 5.08. The molecular formula is C11H16N2O3. The maximum atomic E-state index is 12.1. The molecule has 0 radical (unpaired) electrons. The van der Waals surface area contributed by atoms with E-state index in [1.165, 1.54) is 6.39 Å². The van der Waals surface area contributed by atoms with Gasteiger partial charge in [0.05, 0.1) is 5.69 Å². The largest absolute Gasteiger partial charge is 0.438 e. The van der Waals surface area contributed by atoms with Crippen molar-refractivity contribution < 1.29 is 14.3 Å². The summed E-state index contributed by atoms with van der Waals surface area (Å²) in [5.74, 6) is 0.396. The highest BCUT2D eigenvalue weighted by Gasteiger charge is 2.26. The Morgan fingerprint density at radius 2 is 2.56 bits per heavy atom. The fourth-order valence-corrected chi connectivity index (χ4v) is 2.05. The van der Waals surface area contributed by atoms with E-state index in [1.54, 1.807) is 11.8 Å². The Morgan fingerprint density at radius 1 is 1.75 bits per heavy atom. The minimum Gasteiger partial charge on any atom is -0.438 e. The van der Waals surface area contributed by atoms with Crippen molar-refractivity contribution >= 4 is 5.91 Å². The normalized spacial score (nSPS) is 21.1. The molecule has 1 unspecified atom stereocenters. The molecule has 1 saturated heterocycles. The molecule has 1 N–H and O–H groups in total. The molecule has 1 aliphatic rings. The van der Waals surface area contributed by atoms with Crippen molar-refractivity contribution in [2.75, 3.05) is 19.7 Å². The lowest BCUT2D eigenvalue weighted by Gasteiger charge is -2.31. The van der Waals surface area contributed by atoms with Gasteiger partial charge in [-0.2, -0.15) is 0 Å². The Labute approximate surface area is 94.1 Å². The van der Waals surface area contributed by atoms with Crippen LogP contribution in [0.1, 0.15) is 29.1 Å². The summed E-state index contributed by atoms with van der Waals surface area (Å²) in [5.41, 5.74) is 0.621. The third-order valence-electron chi connectivity index (χ3n) is 3.00. The quantitative estimate of drug-likeness (QED) is 0.808. The van der Waals surface area contributed by atoms with E-state index in [4.69, 9.17) is 9.52 Å². The first-order valence-corrected chi connectivity index (χ1v) is 5.52. The summed E-state index contributed by atoms with van der Waals surface area (Å²) in [6, 6.07) is 0. The van der Waals surface area contributed by atoms with Gasteiger partial charge in [-0.15, -0.1) is 0 Å². The minimum atomic E-state index is -0.117. The van der Waals surface area contributed by atoms with Gasteiger partial charge in [-0.3, -0.25) is 4.79 Å². The van der Waals surface area contributed by atoms with Gasteiger partial charge >= 0.3 is 0 Å². The van der Waals surface area contributed by atoms with Crippen LogP contribution in [0.15, 0.2) is 10.8 Å². The van der Waals surface area contributed by atoms with Gasteiger partial charge in [0.25, 0.3) is 5.91 Å². The van der Waals surface area contributed by atoms with Crippen LogP contribution in [0.5, 0.6) is 0 Å². The number of aliphatic hydroxyl groups is 1. The Kier molecular flexibility index (Phi) is 3.24. The van der Waals surface area contributed by atoms with Gasteiger partial charge in [0.1, 0.15) is 0 Å². The fraction of sp³-hybridized carbons (Fsp3) is 0.636. The van der Waals surface area contributed by atoms with Gasteiger partial charge in [0, 0.05) is 19.7 Å². The highest BCUT2D eigenvalue weighted by Crippen LogP contribution is 2.19. The number of carbonyl (C=O) groups excluding carboxylic acids is 1. The molecule has 5 heteroatoms. The smallest absolute Gasteiger partial charge is 0.291 e. The standard InChI is InChI=1S/C11H16N2O3/c1-8-10(16-7-12-8)11(15)13-4-2-3-9(5-13)6-14/h7,9,14H,2-6H2,1H3. The first-order valence-electron chi connectivity index (χ1n) is 5.52. The predicted molar refractivity (Wildman–Crippen MR) is 57.0 cm³/mol. The molecule has 1 aliphatic heterocycles. The molecule has 1 aromatic heterocycles. The molecule has 1 aromatic rings. The topological polar surface area (TPSA) is 66.6 Å². The number of piperidine rings is 1. The van der Waals surface area contributed by atoms with Crippen LogP contribution in [0.2, 0.25) is 0 Å². The van der Waals surface area contributed by atoms with E-state index in [2.05, 4.69) is 4.98 Å². The molecule has 0 bridgehead atoms. The average Bonchev–Trinajstić information content (AvgIpc) is 2.74. The monoisotopic (exact) mass is 224 g/mol. The van der Waals surface area contributed by atoms with Gasteiger partial charge in [-0.05, 0) is 25.7 Å². The van der Waals surface area contributed by atoms with Crippen molar-refractivity contribution in [3.05, 3.63) is 17.8 Å². The molecule has 1 amide bonds. The van der Waals surface area contributed by atoms with Crippen LogP contribution in [0.25, 0.3) is 0 Å². The van der Waals surface area contributed by atoms with Gasteiger partial charge in [0.15, 0.2) is 6.39 Å². The van der Waals surface area contributed by atoms with Crippen molar-refractivity contribution in [1.29, 1.82) is 0 Å². The molecular weight excluding hydrogens is 208 g/mol. The molecule has 16 heavy (non-hydrogen) atoms. The molecule has 5 nitrogen and oxygen atoms in total. The number of hydrogen-bond acceptors (Lipinski definition) is 4. The van der Waals surface area contributed by atoms with Gasteiger partial charge in [-0.1, -0.05) is 0 Å². The molecule has 0 aromatic carbocycles. The van der Waals surface area contributed by atoms with E-state index >= 15 is 0 Å². The minimum absolute atomic E-state index is 0.117. The summed E-state index contributed by atoms with van der Waals surface area (Å²) in [6.07, 6.45) is 3.20. The zero-order chi connectivity index (χ0) is 11.5. The molecule has 1 atom stereocenters. The number of aryl methyl sites for hydroxylation is 1. The number of rotatable bonds is 2. The lowest BCUT2D eigenvalue weighted by molar-refractivity contribution is 0.0589. The average molecular weight is 224 g/mol. The summed E-state index contributed by atoms with van der Waals surface area (Å²) in [7, 11) is 0. The molecule has 2 heterocycles. The molecule has 1 fully saturated rings. The number of likely N-dealkylation sites (tertiary alicyclic amines) is 1. The highest BCUT2D eigenvalue weighted by molar-refractivity contribution is 5.92. The number of hydrogen-bond donors (Lipinski definition) is 1. The maximum Gasteiger partial charge on any atom is 0.291 e. The van der Waals surface area contributed by atoms with E-state index < -0.39 is 0 Å². The Morgan fingerprint density at radius 3 is 3.19 bits per heavy atom. The SMILES string of the molecule is Cc1ncoc1C(=O)N1CCCC(CO)C1. The molecule has 0 saturated carbocycles. The van der Waals surface area contributed by atoms with Crippen molar-refractivity contribution in [2.45, 2.75) is 19.8 Å². The summed E-state index contributed by atoms with van der Waals surface area (Å²) in [4.78, 5) is 17.7. The van der Waals surface area contributed by atoms with Crippen LogP contribution in [-0.4, -0.2) is 40.6 Å². The maximum absolute atomic E-state index is 12.1. The third-order valence-corrected chi connectivity index (χ3v) is 3.00. The number of aliphatic hydroxyl groups excluding tert-OH is 1. The van der Waals surface area contributed by atoms with Crippen LogP contribution in [-0.2, 0) is 0 Å². The third kappa shape index (κ3) is 2.09. The number of oxazole rings is 1. The van der Waals surface area contributed by atoms with Gasteiger partial charge in [-0.25, -0.2) is 4.98 Å². The molecule has 0 aliphatic carbocycles. The van der Waals surface area contributed by atoms with Crippen molar-refractivity contribution in [2.24, 2.45) is 5.92 Å². The molecule has 88 valence electrons.